The lowest BCUT2D eigenvalue weighted by atomic mass is 10.1. The number of esters is 3. The van der Waals surface area contributed by atoms with Gasteiger partial charge in [-0.1, -0.05) is 0 Å². The molecule has 2 atom stereocenters. The van der Waals surface area contributed by atoms with Gasteiger partial charge in [0.25, 0.3) is 0 Å². The molecule has 1 amide bonds. The van der Waals surface area contributed by atoms with E-state index >= 15 is 0 Å². The van der Waals surface area contributed by atoms with Crippen LogP contribution in [0.5, 0.6) is 0 Å². The van der Waals surface area contributed by atoms with E-state index in [2.05, 4.69) is 5.32 Å². The average molecular weight is 362 g/mol. The van der Waals surface area contributed by atoms with Crippen molar-refractivity contribution in [3.05, 3.63) is 0 Å². The van der Waals surface area contributed by atoms with Crippen molar-refractivity contribution >= 4 is 23.8 Å². The number of hydrogen-bond acceptors (Lipinski definition) is 8. The van der Waals surface area contributed by atoms with E-state index in [1.54, 1.807) is 20.8 Å². The molecule has 0 spiro atoms. The van der Waals surface area contributed by atoms with E-state index in [9.17, 15) is 19.2 Å². The number of carbonyl (C=O) groups is 4. The summed E-state index contributed by atoms with van der Waals surface area (Å²) in [6, 6.07) is -1.87. The van der Waals surface area contributed by atoms with Gasteiger partial charge in [-0.2, -0.15) is 0 Å². The maximum absolute atomic E-state index is 12.0. The minimum absolute atomic E-state index is 0.0278. The van der Waals surface area contributed by atoms with Gasteiger partial charge in [0.15, 0.2) is 0 Å². The highest BCUT2D eigenvalue weighted by atomic mass is 16.5. The van der Waals surface area contributed by atoms with Gasteiger partial charge >= 0.3 is 17.9 Å². The van der Waals surface area contributed by atoms with Gasteiger partial charge in [0.05, 0.1) is 19.8 Å². The molecular weight excluding hydrogens is 334 g/mol. The van der Waals surface area contributed by atoms with E-state index in [0.29, 0.717) is 0 Å². The molecule has 144 valence electrons. The molecule has 0 rings (SSSR count). The molecule has 9 nitrogen and oxygen atoms in total. The van der Waals surface area contributed by atoms with E-state index < -0.39 is 35.9 Å². The lowest BCUT2D eigenvalue weighted by molar-refractivity contribution is -0.149. The zero-order valence-electron chi connectivity index (χ0n) is 15.0. The van der Waals surface area contributed by atoms with Gasteiger partial charge in [-0.25, -0.2) is 4.79 Å². The number of carbonyl (C=O) groups excluding carboxylic acids is 4. The van der Waals surface area contributed by atoms with Crippen molar-refractivity contribution in [2.24, 2.45) is 5.73 Å². The Morgan fingerprint density at radius 1 is 0.840 bits per heavy atom. The molecule has 0 saturated carbocycles. The fourth-order valence-electron chi connectivity index (χ4n) is 1.91. The quantitative estimate of drug-likeness (QED) is 0.282. The van der Waals surface area contributed by atoms with Gasteiger partial charge in [0, 0.05) is 12.8 Å². The third-order valence-electron chi connectivity index (χ3n) is 3.12. The maximum atomic E-state index is 12.0. The molecule has 0 aromatic rings. The lowest BCUT2D eigenvalue weighted by Crippen LogP contribution is -2.43. The monoisotopic (exact) mass is 362 g/mol. The van der Waals surface area contributed by atoms with Crippen molar-refractivity contribution in [1.29, 1.82) is 0 Å². The van der Waals surface area contributed by atoms with Gasteiger partial charge in [-0.05, 0) is 33.6 Å². The van der Waals surface area contributed by atoms with Crippen molar-refractivity contribution in [1.82, 2.24) is 5.32 Å². The number of nitrogens with two attached hydrogens (primary N) is 1. The van der Waals surface area contributed by atoms with Gasteiger partial charge in [-0.3, -0.25) is 14.4 Å². The molecule has 0 saturated heterocycles. The third-order valence-corrected chi connectivity index (χ3v) is 3.12. The summed E-state index contributed by atoms with van der Waals surface area (Å²) in [7, 11) is 0. The number of rotatable bonds is 12. The standard InChI is InChI=1S/C16H28N2O7/c1-4-23-14(20)10-8-12(16(22)25-6-3)18-13(19)9-7-11(17)15(21)24-5-2/h11-12H,4-10,17H2,1-3H3,(H,18,19)/t11-,12-/m0/s1/i17+1,18+1. The molecule has 0 aliphatic heterocycles. The van der Waals surface area contributed by atoms with Crippen LogP contribution in [0.3, 0.4) is 0 Å². The summed E-state index contributed by atoms with van der Waals surface area (Å²) in [6.07, 6.45) is 0.0562. The first-order valence-electron chi connectivity index (χ1n) is 8.39. The molecule has 0 heterocycles. The summed E-state index contributed by atoms with van der Waals surface area (Å²) >= 11 is 0. The molecule has 25 heavy (non-hydrogen) atoms. The molecule has 0 radical (unpaired) electrons. The molecule has 0 aromatic carbocycles. The molecule has 0 fully saturated rings. The van der Waals surface area contributed by atoms with Crippen LogP contribution in [-0.2, 0) is 33.4 Å². The smallest absolute Gasteiger partial charge is 0.328 e. The number of nitrogens with one attached hydrogen (secondary N) is 1. The van der Waals surface area contributed by atoms with Crippen molar-refractivity contribution in [2.75, 3.05) is 19.8 Å². The molecule has 9 heteroatoms. The van der Waals surface area contributed by atoms with Crippen LogP contribution in [0.1, 0.15) is 46.5 Å². The van der Waals surface area contributed by atoms with Crippen LogP contribution in [-0.4, -0.2) is 55.7 Å². The summed E-state index contributed by atoms with van der Waals surface area (Å²) in [4.78, 5) is 46.7. The average Bonchev–Trinajstić information content (AvgIpc) is 2.56. The van der Waals surface area contributed by atoms with Crippen LogP contribution >= 0.6 is 0 Å². The summed E-state index contributed by atoms with van der Waals surface area (Å²) < 4.78 is 14.4. The molecule has 0 aliphatic carbocycles. The lowest BCUT2D eigenvalue weighted by Gasteiger charge is -2.17. The Labute approximate surface area is 147 Å². The highest BCUT2D eigenvalue weighted by molar-refractivity contribution is 5.85. The Morgan fingerprint density at radius 3 is 1.96 bits per heavy atom. The van der Waals surface area contributed by atoms with E-state index in [1.165, 1.54) is 0 Å². The van der Waals surface area contributed by atoms with E-state index in [1.807, 2.05) is 0 Å². The summed E-state index contributed by atoms with van der Waals surface area (Å²) in [6.45, 7) is 5.57. The summed E-state index contributed by atoms with van der Waals surface area (Å²) in [5.74, 6) is -2.15. The molecule has 0 unspecified atom stereocenters. The Morgan fingerprint density at radius 2 is 1.40 bits per heavy atom. The highest BCUT2D eigenvalue weighted by Gasteiger charge is 2.24. The second kappa shape index (κ2) is 13.2. The van der Waals surface area contributed by atoms with Crippen molar-refractivity contribution in [3.8, 4) is 0 Å². The summed E-state index contributed by atoms with van der Waals surface area (Å²) in [5, 5.41) is 2.50. The van der Waals surface area contributed by atoms with Gasteiger partial charge in [0.1, 0.15) is 12.1 Å². The fraction of sp³-hybridized carbons (Fsp3) is 0.750. The second-order valence-corrected chi connectivity index (χ2v) is 5.11. The fourth-order valence-corrected chi connectivity index (χ4v) is 1.91. The Balaban J connectivity index is 4.51. The van der Waals surface area contributed by atoms with Crippen LogP contribution in [0.2, 0.25) is 0 Å². The third kappa shape index (κ3) is 10.3. The van der Waals surface area contributed by atoms with Crippen molar-refractivity contribution in [3.63, 3.8) is 0 Å². The van der Waals surface area contributed by atoms with Crippen molar-refractivity contribution in [2.45, 2.75) is 58.5 Å². The van der Waals surface area contributed by atoms with Gasteiger partial charge < -0.3 is 25.3 Å². The molecular formula is C16H28N2O7. The Kier molecular flexibility index (Phi) is 12.0. The number of hydrogen-bond donors (Lipinski definition) is 2. The minimum Gasteiger partial charge on any atom is -0.466 e. The van der Waals surface area contributed by atoms with Crippen LogP contribution in [0.25, 0.3) is 0 Å². The normalized spacial score (nSPS) is 12.6. The molecule has 3 N–H and O–H groups in total. The van der Waals surface area contributed by atoms with Gasteiger partial charge in [0.2, 0.25) is 5.91 Å². The molecule has 0 bridgehead atoms. The Hall–Kier alpha value is -2.16. The zero-order chi connectivity index (χ0) is 19.2. The maximum Gasteiger partial charge on any atom is 0.328 e. The predicted octanol–water partition coefficient (Wildman–Crippen LogP) is 0.0482. The first-order chi connectivity index (χ1) is 11.8. The Bertz CT molecular complexity index is 454. The van der Waals surface area contributed by atoms with Crippen LogP contribution in [0, 0.1) is 0 Å². The zero-order valence-corrected chi connectivity index (χ0v) is 15.0. The first-order valence-corrected chi connectivity index (χ1v) is 8.39. The SMILES string of the molecule is CCOC(=O)CC[C@H]([15NH]C(=O)CC[C@H]([15NH2])C(=O)OCC)C(=O)OCC. The van der Waals surface area contributed by atoms with Crippen molar-refractivity contribution < 1.29 is 33.4 Å². The summed E-state index contributed by atoms with van der Waals surface area (Å²) in [5.41, 5.74) is 5.61. The van der Waals surface area contributed by atoms with E-state index in [-0.39, 0.29) is 45.5 Å². The first kappa shape index (κ1) is 22.8. The highest BCUT2D eigenvalue weighted by Crippen LogP contribution is 2.05. The second-order valence-electron chi connectivity index (χ2n) is 5.11. The van der Waals surface area contributed by atoms with Gasteiger partial charge in [-0.15, -0.1) is 0 Å². The van der Waals surface area contributed by atoms with E-state index in [0.717, 1.165) is 0 Å². The topological polar surface area (TPSA) is 134 Å². The van der Waals surface area contributed by atoms with Crippen LogP contribution in [0.15, 0.2) is 0 Å². The van der Waals surface area contributed by atoms with Crippen LogP contribution < -0.4 is 11.1 Å². The molecule has 0 aliphatic rings. The largest absolute Gasteiger partial charge is 0.466 e. The van der Waals surface area contributed by atoms with E-state index in [4.69, 9.17) is 19.9 Å². The number of amides is 1. The minimum atomic E-state index is -0.962. The van der Waals surface area contributed by atoms with Crippen LogP contribution in [0.4, 0.5) is 0 Å². The number of ether oxygens (including phenoxy) is 3. The predicted molar refractivity (Wildman–Crippen MR) is 88.3 cm³/mol. The molecule has 0 aromatic heterocycles.